The van der Waals surface area contributed by atoms with E-state index in [1.165, 1.54) is 11.1 Å². The van der Waals surface area contributed by atoms with Crippen molar-refractivity contribution >= 4 is 5.82 Å². The van der Waals surface area contributed by atoms with Crippen LogP contribution in [0, 0.1) is 6.92 Å². The number of aryl methyl sites for hydroxylation is 1. The Kier molecular flexibility index (Phi) is 5.51. The molecule has 2 rings (SSSR count). The van der Waals surface area contributed by atoms with Crippen molar-refractivity contribution in [3.63, 3.8) is 0 Å². The molecule has 5 nitrogen and oxygen atoms in total. The van der Waals surface area contributed by atoms with Gasteiger partial charge in [0, 0.05) is 19.7 Å². The van der Waals surface area contributed by atoms with E-state index in [-0.39, 0.29) is 0 Å². The molecule has 0 atom stereocenters. The number of anilines is 1. The minimum Gasteiger partial charge on any atom is -0.478 e. The molecule has 112 valence electrons. The van der Waals surface area contributed by atoms with Gasteiger partial charge in [-0.25, -0.2) is 4.98 Å². The van der Waals surface area contributed by atoms with Crippen LogP contribution in [0.4, 0.5) is 5.82 Å². The Morgan fingerprint density at radius 3 is 2.62 bits per heavy atom. The second kappa shape index (κ2) is 7.59. The molecule has 5 heteroatoms. The van der Waals surface area contributed by atoms with E-state index in [9.17, 15) is 0 Å². The highest BCUT2D eigenvalue weighted by atomic mass is 16.5. The van der Waals surface area contributed by atoms with E-state index in [1.54, 1.807) is 7.11 Å². The molecular weight excluding hydrogens is 266 g/mol. The third-order valence-corrected chi connectivity index (χ3v) is 2.98. The van der Waals surface area contributed by atoms with Crippen molar-refractivity contribution in [3.8, 4) is 5.88 Å². The van der Waals surface area contributed by atoms with Gasteiger partial charge in [0.1, 0.15) is 11.6 Å². The Bertz CT molecular complexity index is 587. The number of benzene rings is 1. The van der Waals surface area contributed by atoms with Crippen molar-refractivity contribution in [1.82, 2.24) is 9.97 Å². The van der Waals surface area contributed by atoms with E-state index in [2.05, 4.69) is 27.4 Å². The van der Waals surface area contributed by atoms with Gasteiger partial charge in [-0.3, -0.25) is 0 Å². The molecule has 1 N–H and O–H groups in total. The molecule has 1 aromatic carbocycles. The summed E-state index contributed by atoms with van der Waals surface area (Å²) in [5, 5.41) is 3.31. The molecule has 0 aliphatic rings. The van der Waals surface area contributed by atoms with Gasteiger partial charge in [0.15, 0.2) is 0 Å². The van der Waals surface area contributed by atoms with Gasteiger partial charge in [-0.05, 0) is 25.0 Å². The van der Waals surface area contributed by atoms with Gasteiger partial charge in [0.05, 0.1) is 13.2 Å². The maximum Gasteiger partial charge on any atom is 0.218 e. The average Bonchev–Trinajstić information content (AvgIpc) is 2.46. The Morgan fingerprint density at radius 2 is 1.90 bits per heavy atom. The highest BCUT2D eigenvalue weighted by Gasteiger charge is 2.05. The van der Waals surface area contributed by atoms with Crippen LogP contribution in [0.15, 0.2) is 30.3 Å². The number of aromatic nitrogens is 2. The number of ether oxygens (including phenoxy) is 2. The minimum absolute atomic E-state index is 0.590. The summed E-state index contributed by atoms with van der Waals surface area (Å²) in [6, 6.07) is 10.00. The fourth-order valence-electron chi connectivity index (χ4n) is 2.06. The van der Waals surface area contributed by atoms with Gasteiger partial charge < -0.3 is 14.8 Å². The third-order valence-electron chi connectivity index (χ3n) is 2.98. The molecule has 2 aromatic rings. The zero-order chi connectivity index (χ0) is 15.1. The number of hydrogen-bond donors (Lipinski definition) is 1. The molecule has 0 saturated heterocycles. The van der Waals surface area contributed by atoms with Crippen LogP contribution in [0.2, 0.25) is 0 Å². The summed E-state index contributed by atoms with van der Waals surface area (Å²) < 4.78 is 10.6. The standard InChI is InChI=1S/C16H21N3O2/c1-4-21-16-9-15(18-12(2)19-16)17-10-13-7-5-6-8-14(13)11-20-3/h5-9H,4,10-11H2,1-3H3,(H,17,18,19). The molecule has 21 heavy (non-hydrogen) atoms. The second-order valence-corrected chi connectivity index (χ2v) is 4.63. The van der Waals surface area contributed by atoms with Crippen LogP contribution in [0.5, 0.6) is 5.88 Å². The largest absolute Gasteiger partial charge is 0.478 e. The van der Waals surface area contributed by atoms with Crippen molar-refractivity contribution < 1.29 is 9.47 Å². The van der Waals surface area contributed by atoms with Crippen LogP contribution in [0.1, 0.15) is 23.9 Å². The first-order valence-corrected chi connectivity index (χ1v) is 7.01. The van der Waals surface area contributed by atoms with E-state index in [0.717, 1.165) is 5.82 Å². The van der Waals surface area contributed by atoms with Crippen molar-refractivity contribution in [1.29, 1.82) is 0 Å². The van der Waals surface area contributed by atoms with E-state index in [1.807, 2.05) is 32.0 Å². The van der Waals surface area contributed by atoms with Gasteiger partial charge in [-0.15, -0.1) is 0 Å². The Morgan fingerprint density at radius 1 is 1.14 bits per heavy atom. The predicted octanol–water partition coefficient (Wildman–Crippen LogP) is 2.94. The van der Waals surface area contributed by atoms with Gasteiger partial charge in [0.25, 0.3) is 0 Å². The first-order valence-electron chi connectivity index (χ1n) is 7.01. The molecule has 0 amide bonds. The van der Waals surface area contributed by atoms with Gasteiger partial charge >= 0.3 is 0 Å². The lowest BCUT2D eigenvalue weighted by atomic mass is 10.1. The summed E-state index contributed by atoms with van der Waals surface area (Å²) in [7, 11) is 1.70. The lowest BCUT2D eigenvalue weighted by Crippen LogP contribution is -2.07. The Balaban J connectivity index is 2.09. The normalized spacial score (nSPS) is 10.4. The highest BCUT2D eigenvalue weighted by molar-refractivity contribution is 5.40. The SMILES string of the molecule is CCOc1cc(NCc2ccccc2COC)nc(C)n1. The molecule has 0 spiro atoms. The molecule has 0 aliphatic heterocycles. The van der Waals surface area contributed by atoms with Crippen molar-refractivity contribution in [2.75, 3.05) is 19.0 Å². The molecule has 0 radical (unpaired) electrons. The Hall–Kier alpha value is -2.14. The highest BCUT2D eigenvalue weighted by Crippen LogP contribution is 2.16. The van der Waals surface area contributed by atoms with Crippen LogP contribution in [0.3, 0.4) is 0 Å². The molecular formula is C16H21N3O2. The lowest BCUT2D eigenvalue weighted by Gasteiger charge is -2.11. The molecule has 0 fully saturated rings. The van der Waals surface area contributed by atoms with Crippen molar-refractivity contribution in [2.24, 2.45) is 0 Å². The number of hydrogen-bond acceptors (Lipinski definition) is 5. The topological polar surface area (TPSA) is 56.3 Å². The number of methoxy groups -OCH3 is 1. The molecule has 0 saturated carbocycles. The van der Waals surface area contributed by atoms with Gasteiger partial charge in [-0.2, -0.15) is 4.98 Å². The summed E-state index contributed by atoms with van der Waals surface area (Å²) in [6.07, 6.45) is 0. The van der Waals surface area contributed by atoms with E-state index >= 15 is 0 Å². The summed E-state index contributed by atoms with van der Waals surface area (Å²) in [6.45, 7) is 5.66. The summed E-state index contributed by atoms with van der Waals surface area (Å²) >= 11 is 0. The third kappa shape index (κ3) is 4.43. The second-order valence-electron chi connectivity index (χ2n) is 4.63. The molecule has 0 unspecified atom stereocenters. The van der Waals surface area contributed by atoms with Crippen LogP contribution >= 0.6 is 0 Å². The molecule has 0 aliphatic carbocycles. The number of rotatable bonds is 7. The van der Waals surface area contributed by atoms with Crippen LogP contribution in [0.25, 0.3) is 0 Å². The Labute approximate surface area is 125 Å². The zero-order valence-corrected chi connectivity index (χ0v) is 12.7. The van der Waals surface area contributed by atoms with Crippen molar-refractivity contribution in [2.45, 2.75) is 27.0 Å². The number of nitrogens with zero attached hydrogens (tertiary/aromatic N) is 2. The van der Waals surface area contributed by atoms with E-state index < -0.39 is 0 Å². The predicted molar refractivity (Wildman–Crippen MR) is 82.4 cm³/mol. The van der Waals surface area contributed by atoms with Crippen molar-refractivity contribution in [3.05, 3.63) is 47.3 Å². The smallest absolute Gasteiger partial charge is 0.218 e. The molecule has 1 heterocycles. The van der Waals surface area contributed by atoms with Gasteiger partial charge in [-0.1, -0.05) is 24.3 Å². The summed E-state index contributed by atoms with van der Waals surface area (Å²) in [5.41, 5.74) is 2.36. The summed E-state index contributed by atoms with van der Waals surface area (Å²) in [4.78, 5) is 8.61. The lowest BCUT2D eigenvalue weighted by molar-refractivity contribution is 0.184. The zero-order valence-electron chi connectivity index (χ0n) is 12.7. The van der Waals surface area contributed by atoms with E-state index in [4.69, 9.17) is 9.47 Å². The number of nitrogens with one attached hydrogen (secondary N) is 1. The quantitative estimate of drug-likeness (QED) is 0.848. The van der Waals surface area contributed by atoms with Crippen LogP contribution in [-0.4, -0.2) is 23.7 Å². The molecule has 1 aromatic heterocycles. The molecule has 0 bridgehead atoms. The minimum atomic E-state index is 0.590. The average molecular weight is 287 g/mol. The maximum absolute atomic E-state index is 5.43. The first-order chi connectivity index (χ1) is 10.2. The van der Waals surface area contributed by atoms with Crippen LogP contribution < -0.4 is 10.1 Å². The van der Waals surface area contributed by atoms with Gasteiger partial charge in [0.2, 0.25) is 5.88 Å². The van der Waals surface area contributed by atoms with Crippen LogP contribution in [-0.2, 0) is 17.9 Å². The monoisotopic (exact) mass is 287 g/mol. The maximum atomic E-state index is 5.43. The summed E-state index contributed by atoms with van der Waals surface area (Å²) in [5.74, 6) is 2.05. The van der Waals surface area contributed by atoms with E-state index in [0.29, 0.717) is 31.5 Å². The first kappa shape index (κ1) is 15.3. The fourth-order valence-corrected chi connectivity index (χ4v) is 2.06. The fraction of sp³-hybridized carbons (Fsp3) is 0.375.